The van der Waals surface area contributed by atoms with Crippen LogP contribution in [0.25, 0.3) is 22.4 Å². The third kappa shape index (κ3) is 5.17. The molecular weight excluding hydrogens is 464 g/mol. The molecular formula is C30H34N4O3. The van der Waals surface area contributed by atoms with Crippen LogP contribution in [0.4, 0.5) is 5.69 Å². The van der Waals surface area contributed by atoms with Gasteiger partial charge in [0.15, 0.2) is 0 Å². The Labute approximate surface area is 217 Å². The first kappa shape index (κ1) is 24.8. The lowest BCUT2D eigenvalue weighted by Gasteiger charge is -2.11. The van der Waals surface area contributed by atoms with E-state index in [0.717, 1.165) is 40.4 Å². The van der Waals surface area contributed by atoms with Gasteiger partial charge in [0, 0.05) is 17.3 Å². The third-order valence-electron chi connectivity index (χ3n) is 7.43. The Morgan fingerprint density at radius 2 is 1.84 bits per heavy atom. The Bertz CT molecular complexity index is 1470. The van der Waals surface area contributed by atoms with Gasteiger partial charge in [0.2, 0.25) is 11.8 Å². The second-order valence-corrected chi connectivity index (χ2v) is 10.3. The highest BCUT2D eigenvalue weighted by Crippen LogP contribution is 2.31. The van der Waals surface area contributed by atoms with Crippen LogP contribution >= 0.6 is 0 Å². The number of hydrogen-bond donors (Lipinski definition) is 3. The minimum absolute atomic E-state index is 0.0225. The molecule has 1 aliphatic carbocycles. The van der Waals surface area contributed by atoms with Crippen LogP contribution in [-0.2, 0) is 11.3 Å². The highest BCUT2D eigenvalue weighted by atomic mass is 16.4. The third-order valence-corrected chi connectivity index (χ3v) is 7.43. The van der Waals surface area contributed by atoms with Gasteiger partial charge in [-0.2, -0.15) is 0 Å². The average Bonchev–Trinajstić information content (AvgIpc) is 3.58. The van der Waals surface area contributed by atoms with Crippen LogP contribution in [0.2, 0.25) is 0 Å². The van der Waals surface area contributed by atoms with Crippen LogP contribution in [0.15, 0.2) is 40.8 Å². The van der Waals surface area contributed by atoms with Crippen LogP contribution in [0.1, 0.15) is 70.7 Å². The lowest BCUT2D eigenvalue weighted by molar-refractivity contribution is -0.117. The van der Waals surface area contributed by atoms with Crippen LogP contribution in [-0.4, -0.2) is 21.8 Å². The van der Waals surface area contributed by atoms with E-state index in [2.05, 4.69) is 39.7 Å². The summed E-state index contributed by atoms with van der Waals surface area (Å²) >= 11 is 0. The van der Waals surface area contributed by atoms with Gasteiger partial charge in [-0.05, 0) is 75.8 Å². The highest BCUT2D eigenvalue weighted by molar-refractivity contribution is 6.01. The van der Waals surface area contributed by atoms with Gasteiger partial charge in [0.05, 0.1) is 17.8 Å². The number of amides is 2. The topological polar surface area (TPSA) is 100 Å². The Hall–Kier alpha value is -3.87. The van der Waals surface area contributed by atoms with Gasteiger partial charge in [0.1, 0.15) is 17.1 Å². The minimum Gasteiger partial charge on any atom is -0.441 e. The Kier molecular flexibility index (Phi) is 6.87. The molecule has 7 nitrogen and oxygen atoms in total. The number of nitrogens with one attached hydrogen (secondary N) is 3. The van der Waals surface area contributed by atoms with Crippen LogP contribution in [0.3, 0.4) is 0 Å². The van der Waals surface area contributed by atoms with Crippen molar-refractivity contribution in [1.82, 2.24) is 15.3 Å². The first-order valence-electron chi connectivity index (χ1n) is 13.0. The lowest BCUT2D eigenvalue weighted by atomic mass is 10.0. The molecule has 1 saturated carbocycles. The molecule has 1 fully saturated rings. The molecule has 0 aliphatic heterocycles. The molecule has 7 heteroatoms. The monoisotopic (exact) mass is 498 g/mol. The van der Waals surface area contributed by atoms with Crippen LogP contribution in [0, 0.1) is 33.6 Å². The van der Waals surface area contributed by atoms with E-state index in [4.69, 9.17) is 4.42 Å². The molecule has 37 heavy (non-hydrogen) atoms. The van der Waals surface area contributed by atoms with Gasteiger partial charge in [-0.1, -0.05) is 36.6 Å². The summed E-state index contributed by atoms with van der Waals surface area (Å²) in [6.45, 7) is 8.13. The number of nitrogens with zero attached hydrogens (tertiary/aromatic N) is 1. The molecule has 1 aliphatic rings. The summed E-state index contributed by atoms with van der Waals surface area (Å²) in [7, 11) is 0. The second-order valence-electron chi connectivity index (χ2n) is 10.3. The molecule has 0 saturated heterocycles. The summed E-state index contributed by atoms with van der Waals surface area (Å²) in [5.41, 5.74) is 6.81. The Morgan fingerprint density at radius 3 is 2.62 bits per heavy atom. The molecule has 192 valence electrons. The number of H-pyrrole nitrogens is 1. The number of carbonyl (C=O) groups excluding carboxylic acids is 2. The number of aromatic nitrogens is 2. The van der Waals surface area contributed by atoms with E-state index < -0.39 is 0 Å². The van der Waals surface area contributed by atoms with Crippen LogP contribution in [0.5, 0.6) is 0 Å². The minimum atomic E-state index is -0.186. The van der Waals surface area contributed by atoms with E-state index in [1.54, 1.807) is 0 Å². The molecule has 0 atom stereocenters. The van der Waals surface area contributed by atoms with Crippen molar-refractivity contribution >= 4 is 28.4 Å². The van der Waals surface area contributed by atoms with Gasteiger partial charge in [-0.3, -0.25) is 9.59 Å². The van der Waals surface area contributed by atoms with E-state index in [0.29, 0.717) is 41.1 Å². The van der Waals surface area contributed by atoms with Gasteiger partial charge < -0.3 is 20.0 Å². The van der Waals surface area contributed by atoms with Gasteiger partial charge >= 0.3 is 0 Å². The van der Waals surface area contributed by atoms with Crippen molar-refractivity contribution < 1.29 is 14.0 Å². The summed E-state index contributed by atoms with van der Waals surface area (Å²) in [4.78, 5) is 33.7. The van der Waals surface area contributed by atoms with E-state index in [9.17, 15) is 9.59 Å². The average molecular weight is 499 g/mol. The summed E-state index contributed by atoms with van der Waals surface area (Å²) in [5, 5.41) is 7.10. The van der Waals surface area contributed by atoms with E-state index in [1.165, 1.54) is 18.4 Å². The molecule has 2 aromatic carbocycles. The molecule has 0 spiro atoms. The maximum atomic E-state index is 13.1. The first-order valence-corrected chi connectivity index (χ1v) is 13.0. The summed E-state index contributed by atoms with van der Waals surface area (Å²) in [6.07, 6.45) is 5.22. The fourth-order valence-corrected chi connectivity index (χ4v) is 5.43. The molecule has 4 aromatic rings. The SMILES string of the molecule is Cc1cc(C)c2[nH]c(C(=O)NCc3nc(-c4ccccc4NC(=O)CC4CCCC4)oc3C)c(C)c2c1. The zero-order chi connectivity index (χ0) is 26.1. The molecule has 2 amide bonds. The Morgan fingerprint density at radius 1 is 1.08 bits per heavy atom. The zero-order valence-electron chi connectivity index (χ0n) is 22.0. The Balaban J connectivity index is 1.30. The molecule has 2 aromatic heterocycles. The molecule has 5 rings (SSSR count). The number of anilines is 1. The predicted octanol–water partition coefficient (Wildman–Crippen LogP) is 6.51. The van der Waals surface area contributed by atoms with Gasteiger partial charge in [-0.15, -0.1) is 0 Å². The number of fused-ring (bicyclic) bond motifs is 1. The predicted molar refractivity (Wildman–Crippen MR) is 146 cm³/mol. The van der Waals surface area contributed by atoms with Crippen molar-refractivity contribution in [1.29, 1.82) is 0 Å². The molecule has 2 heterocycles. The number of aryl methyl sites for hydroxylation is 4. The van der Waals surface area contributed by atoms with Crippen LogP contribution < -0.4 is 10.6 Å². The maximum absolute atomic E-state index is 13.1. The normalized spacial score (nSPS) is 13.8. The van der Waals surface area contributed by atoms with E-state index in [1.807, 2.05) is 45.0 Å². The number of hydrogen-bond acceptors (Lipinski definition) is 4. The number of rotatable bonds is 7. The molecule has 3 N–H and O–H groups in total. The van der Waals surface area contributed by atoms with E-state index >= 15 is 0 Å². The van der Waals surface area contributed by atoms with Gasteiger partial charge in [0.25, 0.3) is 5.91 Å². The van der Waals surface area contributed by atoms with Gasteiger partial charge in [-0.25, -0.2) is 4.98 Å². The molecule has 0 bridgehead atoms. The fourth-order valence-electron chi connectivity index (χ4n) is 5.43. The van der Waals surface area contributed by atoms with E-state index in [-0.39, 0.29) is 18.4 Å². The largest absolute Gasteiger partial charge is 0.441 e. The number of aromatic amines is 1. The maximum Gasteiger partial charge on any atom is 0.268 e. The number of carbonyl (C=O) groups is 2. The zero-order valence-corrected chi connectivity index (χ0v) is 22.0. The fraction of sp³-hybridized carbons (Fsp3) is 0.367. The molecule has 0 unspecified atom stereocenters. The highest BCUT2D eigenvalue weighted by Gasteiger charge is 2.21. The van der Waals surface area contributed by atoms with Crippen molar-refractivity contribution in [2.45, 2.75) is 66.3 Å². The van der Waals surface area contributed by atoms with Crippen molar-refractivity contribution in [2.75, 3.05) is 5.32 Å². The number of benzene rings is 2. The van der Waals surface area contributed by atoms with Crippen molar-refractivity contribution in [2.24, 2.45) is 5.92 Å². The summed E-state index contributed by atoms with van der Waals surface area (Å²) < 4.78 is 5.97. The summed E-state index contributed by atoms with van der Waals surface area (Å²) in [6, 6.07) is 11.7. The van der Waals surface area contributed by atoms with Crippen molar-refractivity contribution in [3.8, 4) is 11.5 Å². The summed E-state index contributed by atoms with van der Waals surface area (Å²) in [5.74, 6) is 1.36. The first-order chi connectivity index (χ1) is 17.8. The number of oxazole rings is 1. The van der Waals surface area contributed by atoms with Crippen molar-refractivity contribution in [3.05, 3.63) is 70.2 Å². The quantitative estimate of drug-likeness (QED) is 0.271. The second kappa shape index (κ2) is 10.2. The molecule has 0 radical (unpaired) electrons. The smallest absolute Gasteiger partial charge is 0.268 e. The standard InChI is InChI=1S/C30H34N4O3/c1-17-13-18(2)27-23(14-17)19(3)28(34-27)29(36)31-16-25-20(4)37-30(33-25)22-11-7-8-12-24(22)32-26(35)15-21-9-5-6-10-21/h7-8,11-14,21,34H,5-6,9-10,15-16H2,1-4H3,(H,31,36)(H,32,35). The van der Waals surface area contributed by atoms with Crippen molar-refractivity contribution in [3.63, 3.8) is 0 Å². The number of para-hydroxylation sites is 1. The lowest BCUT2D eigenvalue weighted by Crippen LogP contribution is -2.24.